The van der Waals surface area contributed by atoms with Crippen molar-refractivity contribution in [2.24, 2.45) is 13.0 Å². The topological polar surface area (TPSA) is 49.2 Å². The first kappa shape index (κ1) is 25.8. The van der Waals surface area contributed by atoms with Gasteiger partial charge in [-0.2, -0.15) is 5.10 Å². The fourth-order valence-corrected chi connectivity index (χ4v) is 5.57. The summed E-state index contributed by atoms with van der Waals surface area (Å²) in [6.45, 7) is 7.34. The van der Waals surface area contributed by atoms with E-state index in [2.05, 4.69) is 49.5 Å². The van der Waals surface area contributed by atoms with Crippen molar-refractivity contribution >= 4 is 16.6 Å². The molecule has 6 nitrogen and oxygen atoms in total. The van der Waals surface area contributed by atoms with E-state index in [4.69, 9.17) is 0 Å². The third-order valence-electron chi connectivity index (χ3n) is 7.94. The number of hydrogen-bond acceptors (Lipinski definition) is 5. The highest BCUT2D eigenvalue weighted by Gasteiger charge is 2.26. The van der Waals surface area contributed by atoms with Gasteiger partial charge in [0.05, 0.1) is 11.9 Å². The Balaban J connectivity index is 1.30. The number of rotatable bonds is 8. The summed E-state index contributed by atoms with van der Waals surface area (Å²) in [5, 5.41) is 10.3. The van der Waals surface area contributed by atoms with E-state index < -0.39 is 12.3 Å². The van der Waals surface area contributed by atoms with Gasteiger partial charge in [0.1, 0.15) is 5.82 Å². The number of piperidine rings is 2. The summed E-state index contributed by atoms with van der Waals surface area (Å²) in [5.41, 5.74) is 4.63. The average molecular weight is 509 g/mol. The first-order chi connectivity index (χ1) is 18.0. The summed E-state index contributed by atoms with van der Waals surface area (Å²) in [5.74, 6) is 0.328. The Bertz CT molecular complexity index is 1220. The number of aromatic nitrogens is 3. The molecule has 2 aromatic heterocycles. The zero-order valence-corrected chi connectivity index (χ0v) is 22.0. The lowest BCUT2D eigenvalue weighted by atomic mass is 9.97. The van der Waals surface area contributed by atoms with Gasteiger partial charge in [-0.05, 0) is 81.9 Å². The van der Waals surface area contributed by atoms with Crippen LogP contribution in [0.15, 0.2) is 48.4 Å². The van der Waals surface area contributed by atoms with Crippen LogP contribution in [0.1, 0.15) is 44.7 Å². The molecule has 1 N–H and O–H groups in total. The summed E-state index contributed by atoms with van der Waals surface area (Å²) in [7, 11) is 2.03. The Morgan fingerprint density at radius 1 is 1.03 bits per heavy atom. The molecule has 2 aliphatic heterocycles. The second kappa shape index (κ2) is 11.7. The molecular weight excluding hydrogens is 470 g/mol. The van der Waals surface area contributed by atoms with Crippen LogP contribution in [-0.4, -0.2) is 63.7 Å². The first-order valence-corrected chi connectivity index (χ1v) is 13.6. The Kier molecular flexibility index (Phi) is 8.15. The van der Waals surface area contributed by atoms with Gasteiger partial charge in [-0.3, -0.25) is 14.5 Å². The molecular formula is C29H38F2N6. The highest BCUT2D eigenvalue weighted by atomic mass is 19.3. The minimum absolute atomic E-state index is 0.463. The van der Waals surface area contributed by atoms with Gasteiger partial charge in [-0.25, -0.2) is 13.8 Å². The molecule has 1 aromatic carbocycles. The Hall–Kier alpha value is -2.84. The molecule has 0 aliphatic carbocycles. The maximum Gasteiger partial charge on any atom is 0.241 e. The fourth-order valence-electron chi connectivity index (χ4n) is 5.57. The third-order valence-corrected chi connectivity index (χ3v) is 7.94. The second-order valence-electron chi connectivity index (χ2n) is 10.5. The van der Waals surface area contributed by atoms with Crippen molar-refractivity contribution in [3.63, 3.8) is 0 Å². The lowest BCUT2D eigenvalue weighted by Gasteiger charge is -2.32. The Morgan fingerprint density at radius 2 is 1.81 bits per heavy atom. The molecule has 0 saturated carbocycles. The van der Waals surface area contributed by atoms with E-state index in [9.17, 15) is 8.78 Å². The van der Waals surface area contributed by atoms with E-state index in [1.54, 1.807) is 0 Å². The van der Waals surface area contributed by atoms with E-state index in [0.29, 0.717) is 32.5 Å². The predicted molar refractivity (Wildman–Crippen MR) is 146 cm³/mol. The van der Waals surface area contributed by atoms with Crippen molar-refractivity contribution in [3.05, 3.63) is 54.1 Å². The normalized spacial score (nSPS) is 18.7. The molecule has 0 spiro atoms. The van der Waals surface area contributed by atoms with E-state index in [-0.39, 0.29) is 0 Å². The molecule has 0 bridgehead atoms. The summed E-state index contributed by atoms with van der Waals surface area (Å²) in [6.07, 6.45) is 8.71. The van der Waals surface area contributed by atoms with E-state index >= 15 is 0 Å². The van der Waals surface area contributed by atoms with Crippen molar-refractivity contribution in [2.75, 3.05) is 38.0 Å². The van der Waals surface area contributed by atoms with Gasteiger partial charge < -0.3 is 5.32 Å². The van der Waals surface area contributed by atoms with Crippen LogP contribution >= 0.6 is 0 Å². The summed E-state index contributed by atoms with van der Waals surface area (Å²) >= 11 is 0. The molecule has 0 amide bonds. The smallest absolute Gasteiger partial charge is 0.241 e. The third kappa shape index (κ3) is 6.18. The molecule has 2 saturated heterocycles. The number of aryl methyl sites for hydroxylation is 1. The molecule has 5 rings (SSSR count). The number of halogens is 2. The van der Waals surface area contributed by atoms with Crippen molar-refractivity contribution in [2.45, 2.75) is 52.0 Å². The van der Waals surface area contributed by atoms with Crippen LogP contribution in [0.4, 0.5) is 14.6 Å². The van der Waals surface area contributed by atoms with E-state index in [0.717, 1.165) is 47.5 Å². The van der Waals surface area contributed by atoms with Crippen LogP contribution in [0.3, 0.4) is 0 Å². The SMILES string of the molecule is C/C=C(\CN1CCC(C(F)F)CC1)Nc1cc2cc(-c3cnn(C)c3CN3CCCCC3)ccc2cn1. The van der Waals surface area contributed by atoms with Crippen LogP contribution in [0, 0.1) is 5.92 Å². The van der Waals surface area contributed by atoms with Crippen LogP contribution in [-0.2, 0) is 13.6 Å². The van der Waals surface area contributed by atoms with E-state index in [1.165, 1.54) is 30.5 Å². The lowest BCUT2D eigenvalue weighted by Crippen LogP contribution is -2.37. The minimum atomic E-state index is -2.21. The molecule has 2 aliphatic rings. The molecule has 37 heavy (non-hydrogen) atoms. The maximum atomic E-state index is 13.0. The van der Waals surface area contributed by atoms with Gasteiger partial charge in [-0.15, -0.1) is 0 Å². The number of anilines is 1. The van der Waals surface area contributed by atoms with Crippen molar-refractivity contribution in [1.29, 1.82) is 0 Å². The maximum absolute atomic E-state index is 13.0. The van der Waals surface area contributed by atoms with Gasteiger partial charge in [0.25, 0.3) is 0 Å². The number of hydrogen-bond donors (Lipinski definition) is 1. The molecule has 4 heterocycles. The van der Waals surface area contributed by atoms with Crippen LogP contribution in [0.5, 0.6) is 0 Å². The van der Waals surface area contributed by atoms with Crippen molar-refractivity contribution in [3.8, 4) is 11.1 Å². The Labute approximate surface area is 218 Å². The first-order valence-electron chi connectivity index (χ1n) is 13.6. The molecule has 8 heteroatoms. The van der Waals surface area contributed by atoms with Gasteiger partial charge in [0.2, 0.25) is 6.43 Å². The van der Waals surface area contributed by atoms with Gasteiger partial charge in [0, 0.05) is 48.9 Å². The monoisotopic (exact) mass is 508 g/mol. The number of benzene rings is 1. The number of alkyl halides is 2. The number of nitrogens with zero attached hydrogens (tertiary/aromatic N) is 5. The predicted octanol–water partition coefficient (Wildman–Crippen LogP) is 5.91. The molecule has 0 radical (unpaired) electrons. The highest BCUT2D eigenvalue weighted by molar-refractivity contribution is 5.88. The van der Waals surface area contributed by atoms with Gasteiger partial charge in [0.15, 0.2) is 0 Å². The minimum Gasteiger partial charge on any atom is -0.343 e. The molecule has 3 aromatic rings. The molecule has 2 fully saturated rings. The standard InChI is InChI=1S/C29H38F2N6/c1-3-25(19-37-13-9-21(10-14-37)29(30)31)34-28-16-24-15-22(7-8-23(24)17-32-28)26-18-33-35(2)27(26)20-36-11-5-4-6-12-36/h3,7-8,15-18,21,29H,4-6,9-14,19-20H2,1-2H3,(H,32,34)/b25-3+. The van der Waals surface area contributed by atoms with E-state index in [1.807, 2.05) is 37.1 Å². The fraction of sp³-hybridized carbons (Fsp3) is 0.517. The number of allylic oxidation sites excluding steroid dienone is 1. The van der Waals surface area contributed by atoms with Crippen molar-refractivity contribution < 1.29 is 8.78 Å². The summed E-state index contributed by atoms with van der Waals surface area (Å²) in [4.78, 5) is 9.41. The van der Waals surface area contributed by atoms with Gasteiger partial charge >= 0.3 is 0 Å². The van der Waals surface area contributed by atoms with Crippen LogP contribution < -0.4 is 5.32 Å². The van der Waals surface area contributed by atoms with Gasteiger partial charge in [-0.1, -0.05) is 24.6 Å². The zero-order chi connectivity index (χ0) is 25.8. The van der Waals surface area contributed by atoms with Crippen molar-refractivity contribution in [1.82, 2.24) is 24.6 Å². The molecule has 198 valence electrons. The summed E-state index contributed by atoms with van der Waals surface area (Å²) in [6, 6.07) is 8.60. The number of nitrogens with one attached hydrogen (secondary N) is 1. The quantitative estimate of drug-likeness (QED) is 0.410. The van der Waals surface area contributed by atoms with Crippen LogP contribution in [0.2, 0.25) is 0 Å². The second-order valence-corrected chi connectivity index (χ2v) is 10.5. The number of fused-ring (bicyclic) bond motifs is 1. The lowest BCUT2D eigenvalue weighted by molar-refractivity contribution is 0.0373. The largest absolute Gasteiger partial charge is 0.343 e. The molecule has 0 atom stereocenters. The van der Waals surface area contributed by atoms with Crippen LogP contribution in [0.25, 0.3) is 21.9 Å². The average Bonchev–Trinajstić information content (AvgIpc) is 3.28. The Morgan fingerprint density at radius 3 is 2.54 bits per heavy atom. The summed E-state index contributed by atoms with van der Waals surface area (Å²) < 4.78 is 28.0. The highest BCUT2D eigenvalue weighted by Crippen LogP contribution is 2.30. The molecule has 0 unspecified atom stereocenters. The zero-order valence-electron chi connectivity index (χ0n) is 22.0. The number of likely N-dealkylation sites (tertiary alicyclic amines) is 2. The number of pyridine rings is 1.